The van der Waals surface area contributed by atoms with Crippen molar-refractivity contribution in [2.75, 3.05) is 24.0 Å². The summed E-state index contributed by atoms with van der Waals surface area (Å²) in [6, 6.07) is -0.144. The third kappa shape index (κ3) is 11.9. The van der Waals surface area contributed by atoms with Gasteiger partial charge in [-0.1, -0.05) is 0 Å². The molecule has 0 spiro atoms. The normalized spacial score (nSPS) is 14.7. The molecule has 5 nitrogen and oxygen atoms in total. The fourth-order valence-electron chi connectivity index (χ4n) is 2.06. The van der Waals surface area contributed by atoms with Gasteiger partial charge < -0.3 is 14.8 Å². The van der Waals surface area contributed by atoms with Gasteiger partial charge in [-0.15, -0.1) is 0 Å². The van der Waals surface area contributed by atoms with E-state index in [9.17, 15) is 9.59 Å². The van der Waals surface area contributed by atoms with Crippen LogP contribution in [0.5, 0.6) is 0 Å². The quantitative estimate of drug-likeness (QED) is 0.644. The Morgan fingerprint density at radius 3 is 1.83 bits per heavy atom. The van der Waals surface area contributed by atoms with Gasteiger partial charge in [0.15, 0.2) is 0 Å². The molecule has 0 saturated heterocycles. The molecule has 0 fully saturated rings. The summed E-state index contributed by atoms with van der Waals surface area (Å²) in [6.45, 7) is 11.1. The summed E-state index contributed by atoms with van der Waals surface area (Å²) in [5.74, 6) is 1.24. The van der Waals surface area contributed by atoms with Crippen LogP contribution in [0.25, 0.3) is 0 Å². The highest BCUT2D eigenvalue weighted by Crippen LogP contribution is 2.21. The molecule has 2 atom stereocenters. The third-order valence-electron chi connectivity index (χ3n) is 2.85. The van der Waals surface area contributed by atoms with Crippen LogP contribution in [-0.2, 0) is 14.3 Å². The van der Waals surface area contributed by atoms with Crippen LogP contribution in [0.4, 0.5) is 4.79 Å². The number of esters is 1. The minimum absolute atomic E-state index is 0.00480. The molecule has 0 aliphatic carbocycles. The number of rotatable bonds is 8. The fourth-order valence-corrected chi connectivity index (χ4v) is 3.56. The number of nitrogens with one attached hydrogen (secondary N) is 1. The zero-order valence-electron chi connectivity index (χ0n) is 16.2. The maximum Gasteiger partial charge on any atom is 0.407 e. The lowest BCUT2D eigenvalue weighted by Crippen LogP contribution is -2.46. The van der Waals surface area contributed by atoms with Crippen molar-refractivity contribution in [1.82, 2.24) is 5.32 Å². The second-order valence-corrected chi connectivity index (χ2v) is 9.54. The van der Waals surface area contributed by atoms with Gasteiger partial charge in [0, 0.05) is 11.8 Å². The molecule has 0 aliphatic rings. The van der Waals surface area contributed by atoms with E-state index in [1.807, 2.05) is 54.1 Å². The van der Waals surface area contributed by atoms with Crippen LogP contribution >= 0.6 is 23.5 Å². The van der Waals surface area contributed by atoms with Gasteiger partial charge in [-0.2, -0.15) is 23.5 Å². The van der Waals surface area contributed by atoms with Gasteiger partial charge in [-0.25, -0.2) is 4.79 Å². The summed E-state index contributed by atoms with van der Waals surface area (Å²) in [7, 11) is 0. The van der Waals surface area contributed by atoms with E-state index >= 15 is 0 Å². The monoisotopic (exact) mass is 379 g/mol. The summed E-state index contributed by atoms with van der Waals surface area (Å²) < 4.78 is 10.8. The van der Waals surface area contributed by atoms with Crippen LogP contribution in [0.2, 0.25) is 0 Å². The molecule has 2 unspecified atom stereocenters. The lowest BCUT2D eigenvalue weighted by atomic mass is 9.99. The molecule has 0 aromatic heterocycles. The Bertz CT molecular complexity index is 364. The molecule has 142 valence electrons. The Morgan fingerprint density at radius 1 is 0.917 bits per heavy atom. The van der Waals surface area contributed by atoms with Gasteiger partial charge in [0.05, 0.1) is 6.42 Å². The molecule has 1 N–H and O–H groups in total. The number of thioether (sulfide) groups is 2. The lowest BCUT2D eigenvalue weighted by molar-refractivity contribution is -0.156. The number of carbonyl (C=O) groups excluding carboxylic acids is 2. The number of hydrogen-bond donors (Lipinski definition) is 1. The number of carbonyl (C=O) groups is 2. The second-order valence-electron chi connectivity index (χ2n) is 7.71. The van der Waals surface area contributed by atoms with Crippen LogP contribution in [0, 0.1) is 5.92 Å². The van der Waals surface area contributed by atoms with E-state index in [-0.39, 0.29) is 24.3 Å². The highest BCUT2D eigenvalue weighted by molar-refractivity contribution is 7.98. The van der Waals surface area contributed by atoms with E-state index in [0.29, 0.717) is 5.75 Å². The Balaban J connectivity index is 4.95. The predicted molar refractivity (Wildman–Crippen MR) is 104 cm³/mol. The summed E-state index contributed by atoms with van der Waals surface area (Å²) >= 11 is 3.29. The van der Waals surface area contributed by atoms with E-state index in [2.05, 4.69) is 5.32 Å². The van der Waals surface area contributed by atoms with E-state index in [1.165, 1.54) is 0 Å². The van der Waals surface area contributed by atoms with E-state index in [1.54, 1.807) is 23.5 Å². The SMILES string of the molecule is CSCC(CC(=O)OC(C)(C)C)C(CSC)NC(=O)OC(C)(C)C. The lowest BCUT2D eigenvalue weighted by Gasteiger charge is -2.29. The van der Waals surface area contributed by atoms with Crippen molar-refractivity contribution >= 4 is 35.6 Å². The second kappa shape index (κ2) is 10.4. The molecule has 0 aromatic carbocycles. The Labute approximate surface area is 155 Å². The maximum absolute atomic E-state index is 12.2. The van der Waals surface area contributed by atoms with Gasteiger partial charge in [0.2, 0.25) is 0 Å². The molecule has 0 radical (unpaired) electrons. The summed E-state index contributed by atoms with van der Waals surface area (Å²) in [5.41, 5.74) is -1.05. The molecular weight excluding hydrogens is 346 g/mol. The van der Waals surface area contributed by atoms with Crippen molar-refractivity contribution in [3.63, 3.8) is 0 Å². The minimum Gasteiger partial charge on any atom is -0.460 e. The number of amides is 1. The standard InChI is InChI=1S/C17H33NO4S2/c1-16(2,3)21-14(19)9-12(10-23-7)13(11-24-8)18-15(20)22-17(4,5)6/h12-13H,9-11H2,1-8H3,(H,18,20). The largest absolute Gasteiger partial charge is 0.460 e. The van der Waals surface area contributed by atoms with Gasteiger partial charge in [0.25, 0.3) is 0 Å². The Kier molecular flexibility index (Phi) is 10.2. The topological polar surface area (TPSA) is 64.6 Å². The van der Waals surface area contributed by atoms with E-state index in [0.717, 1.165) is 5.75 Å². The molecule has 0 bridgehead atoms. The van der Waals surface area contributed by atoms with Crippen molar-refractivity contribution in [1.29, 1.82) is 0 Å². The zero-order valence-corrected chi connectivity index (χ0v) is 17.9. The highest BCUT2D eigenvalue weighted by Gasteiger charge is 2.29. The molecular formula is C17H33NO4S2. The molecule has 0 aromatic rings. The van der Waals surface area contributed by atoms with Gasteiger partial charge in [-0.05, 0) is 65.7 Å². The van der Waals surface area contributed by atoms with Gasteiger partial charge >= 0.3 is 12.1 Å². The van der Waals surface area contributed by atoms with Crippen LogP contribution in [0.3, 0.4) is 0 Å². The first kappa shape index (κ1) is 23.4. The van der Waals surface area contributed by atoms with Crippen LogP contribution in [0.1, 0.15) is 48.0 Å². The minimum atomic E-state index is -0.547. The van der Waals surface area contributed by atoms with Crippen LogP contribution in [-0.4, -0.2) is 53.3 Å². The van der Waals surface area contributed by atoms with Crippen molar-refractivity contribution in [3.05, 3.63) is 0 Å². The Morgan fingerprint density at radius 2 is 1.42 bits per heavy atom. The van der Waals surface area contributed by atoms with Gasteiger partial charge in [-0.3, -0.25) is 4.79 Å². The zero-order chi connectivity index (χ0) is 19.0. The van der Waals surface area contributed by atoms with Crippen molar-refractivity contribution < 1.29 is 19.1 Å². The average Bonchev–Trinajstić information content (AvgIpc) is 2.33. The molecule has 0 rings (SSSR count). The van der Waals surface area contributed by atoms with E-state index in [4.69, 9.17) is 9.47 Å². The number of ether oxygens (including phenoxy) is 2. The first-order chi connectivity index (χ1) is 10.9. The van der Waals surface area contributed by atoms with Crippen molar-refractivity contribution in [2.45, 2.75) is 65.2 Å². The predicted octanol–water partition coefficient (Wildman–Crippen LogP) is 3.95. The molecule has 1 amide bonds. The van der Waals surface area contributed by atoms with E-state index < -0.39 is 17.3 Å². The highest BCUT2D eigenvalue weighted by atomic mass is 32.2. The third-order valence-corrected chi connectivity index (χ3v) is 4.30. The number of alkyl carbamates (subject to hydrolysis) is 1. The number of hydrogen-bond acceptors (Lipinski definition) is 6. The van der Waals surface area contributed by atoms with Crippen molar-refractivity contribution in [3.8, 4) is 0 Å². The molecule has 7 heteroatoms. The average molecular weight is 380 g/mol. The summed E-state index contributed by atoms with van der Waals surface area (Å²) in [5, 5.41) is 2.92. The van der Waals surface area contributed by atoms with Crippen LogP contribution in [0.15, 0.2) is 0 Å². The first-order valence-corrected chi connectivity index (χ1v) is 10.9. The smallest absolute Gasteiger partial charge is 0.407 e. The molecule has 24 heavy (non-hydrogen) atoms. The summed E-state index contributed by atoms with van der Waals surface area (Å²) in [4.78, 5) is 24.3. The fraction of sp³-hybridized carbons (Fsp3) is 0.882. The molecule has 0 heterocycles. The van der Waals surface area contributed by atoms with Crippen LogP contribution < -0.4 is 5.32 Å². The summed E-state index contributed by atoms with van der Waals surface area (Å²) in [6.07, 6.45) is 3.80. The maximum atomic E-state index is 12.2. The molecule has 0 saturated carbocycles. The first-order valence-electron chi connectivity index (χ1n) is 8.07. The van der Waals surface area contributed by atoms with Crippen molar-refractivity contribution in [2.24, 2.45) is 5.92 Å². The molecule has 0 aliphatic heterocycles. The van der Waals surface area contributed by atoms with Gasteiger partial charge in [0.1, 0.15) is 11.2 Å². The Hall–Kier alpha value is -0.560.